The molecule has 1 aliphatic heterocycles. The third-order valence-electron chi connectivity index (χ3n) is 7.89. The molecule has 2 aromatic rings. The quantitative estimate of drug-likeness (QED) is 0.710. The number of piperidine rings is 1. The van der Waals surface area contributed by atoms with Gasteiger partial charge in [0.05, 0.1) is 17.9 Å². The lowest BCUT2D eigenvalue weighted by Gasteiger charge is -2.23. The Balaban J connectivity index is 1.04. The van der Waals surface area contributed by atoms with Gasteiger partial charge in [0.25, 0.3) is 0 Å². The first-order valence-corrected chi connectivity index (χ1v) is 11.6. The summed E-state index contributed by atoms with van der Waals surface area (Å²) in [7, 11) is 0. The number of fused-ring (bicyclic) bond motifs is 4. The molecular weight excluding hydrogens is 420 g/mol. The summed E-state index contributed by atoms with van der Waals surface area (Å²) in [5.41, 5.74) is 4.16. The van der Waals surface area contributed by atoms with Gasteiger partial charge < -0.3 is 20.1 Å². The summed E-state index contributed by atoms with van der Waals surface area (Å²) in [5, 5.41) is 12.1. The summed E-state index contributed by atoms with van der Waals surface area (Å²) < 4.78 is 5.65. The van der Waals surface area contributed by atoms with Gasteiger partial charge in [-0.25, -0.2) is 4.79 Å². The first-order chi connectivity index (χ1) is 16.0. The summed E-state index contributed by atoms with van der Waals surface area (Å²) in [6.45, 7) is 1.28. The molecule has 3 fully saturated rings. The Hall–Kier alpha value is -3.35. The predicted molar refractivity (Wildman–Crippen MR) is 119 cm³/mol. The van der Waals surface area contributed by atoms with Crippen molar-refractivity contribution in [3.05, 3.63) is 59.7 Å². The Bertz CT molecular complexity index is 1100. The monoisotopic (exact) mass is 446 g/mol. The lowest BCUT2D eigenvalue weighted by atomic mass is 9.98. The molecule has 2 amide bonds. The van der Waals surface area contributed by atoms with Gasteiger partial charge in [0.1, 0.15) is 6.61 Å². The average Bonchev–Trinajstić information content (AvgIpc) is 3.63. The molecule has 2 aromatic carbocycles. The highest BCUT2D eigenvalue weighted by Crippen LogP contribution is 2.52. The number of rotatable bonds is 6. The largest absolute Gasteiger partial charge is 0.481 e. The number of carboxylic acid groups (broad SMARTS) is 1. The minimum absolute atomic E-state index is 0.00144. The van der Waals surface area contributed by atoms with Crippen molar-refractivity contribution in [2.75, 3.05) is 19.7 Å². The second kappa shape index (κ2) is 7.33. The zero-order chi connectivity index (χ0) is 22.7. The van der Waals surface area contributed by atoms with E-state index in [0.717, 1.165) is 24.0 Å². The minimum Gasteiger partial charge on any atom is -0.481 e. The number of carbonyl (C=O) groups excluding carboxylic acids is 2. The van der Waals surface area contributed by atoms with E-state index in [9.17, 15) is 14.4 Å². The maximum atomic E-state index is 12.8. The maximum absolute atomic E-state index is 12.8. The molecule has 2 saturated carbocycles. The van der Waals surface area contributed by atoms with Crippen LogP contribution in [0, 0.1) is 17.8 Å². The van der Waals surface area contributed by atoms with Crippen LogP contribution >= 0.6 is 0 Å². The van der Waals surface area contributed by atoms with Crippen molar-refractivity contribution < 1.29 is 24.2 Å². The van der Waals surface area contributed by atoms with Crippen molar-refractivity contribution in [2.24, 2.45) is 17.8 Å². The summed E-state index contributed by atoms with van der Waals surface area (Å²) in [6.07, 6.45) is 1.26. The summed E-state index contributed by atoms with van der Waals surface area (Å²) in [4.78, 5) is 38.3. The topological polar surface area (TPSA) is 95.9 Å². The molecule has 2 N–H and O–H groups in total. The molecular formula is C26H26N2O5. The number of benzene rings is 2. The van der Waals surface area contributed by atoms with E-state index in [4.69, 9.17) is 9.84 Å². The van der Waals surface area contributed by atoms with Crippen LogP contribution in [0.3, 0.4) is 0 Å². The number of aliphatic carboxylic acids is 1. The fourth-order valence-electron chi connectivity index (χ4n) is 5.85. The molecule has 7 heteroatoms. The number of hydrogen-bond acceptors (Lipinski definition) is 4. The van der Waals surface area contributed by atoms with E-state index >= 15 is 0 Å². The van der Waals surface area contributed by atoms with Crippen LogP contribution < -0.4 is 5.32 Å². The molecule has 1 unspecified atom stereocenters. The van der Waals surface area contributed by atoms with Crippen LogP contribution in [0.25, 0.3) is 11.1 Å². The number of carboxylic acids is 1. The number of amides is 2. The lowest BCUT2D eigenvalue weighted by molar-refractivity contribution is -0.141. The Kier molecular flexibility index (Phi) is 4.50. The third-order valence-corrected chi connectivity index (χ3v) is 7.89. The SMILES string of the molecule is O=C(NC1(CC(=O)N2C[C@@H]3C(C(=O)O)[C@@H]3C2)CC1)OCC1c2ccccc2-c2ccccc21. The molecule has 4 aliphatic rings. The molecule has 170 valence electrons. The molecule has 0 aromatic heterocycles. The van der Waals surface area contributed by atoms with Crippen LogP contribution in [0.1, 0.15) is 36.3 Å². The summed E-state index contributed by atoms with van der Waals surface area (Å²) in [6, 6.07) is 16.4. The number of hydrogen-bond donors (Lipinski definition) is 2. The van der Waals surface area contributed by atoms with Crippen LogP contribution in [0.15, 0.2) is 48.5 Å². The van der Waals surface area contributed by atoms with E-state index in [2.05, 4.69) is 29.6 Å². The Labute approximate surface area is 191 Å². The molecule has 1 heterocycles. The smallest absolute Gasteiger partial charge is 0.407 e. The normalized spacial score (nSPS) is 25.6. The van der Waals surface area contributed by atoms with E-state index in [1.54, 1.807) is 4.90 Å². The Morgan fingerprint density at radius 3 is 2.09 bits per heavy atom. The van der Waals surface area contributed by atoms with Crippen LogP contribution in [-0.2, 0) is 14.3 Å². The van der Waals surface area contributed by atoms with Gasteiger partial charge in [0, 0.05) is 19.0 Å². The fraction of sp³-hybridized carbons (Fsp3) is 0.423. The molecule has 6 rings (SSSR count). The first-order valence-electron chi connectivity index (χ1n) is 11.6. The van der Waals surface area contributed by atoms with Gasteiger partial charge in [0.15, 0.2) is 0 Å². The standard InChI is InChI=1S/C26H26N2O5/c29-22(28-12-19-20(13-28)23(19)24(30)31)11-26(9-10-26)27-25(32)33-14-21-17-7-3-1-5-15(17)16-6-2-4-8-18(16)21/h1-8,19-21,23H,9-14H2,(H,27,32)(H,30,31)/t19-,20+,23?. The zero-order valence-corrected chi connectivity index (χ0v) is 18.2. The van der Waals surface area contributed by atoms with Crippen molar-refractivity contribution >= 4 is 18.0 Å². The van der Waals surface area contributed by atoms with Gasteiger partial charge in [-0.1, -0.05) is 48.5 Å². The maximum Gasteiger partial charge on any atom is 0.407 e. The molecule has 33 heavy (non-hydrogen) atoms. The number of nitrogens with zero attached hydrogens (tertiary/aromatic N) is 1. The van der Waals surface area contributed by atoms with Gasteiger partial charge in [-0.15, -0.1) is 0 Å². The van der Waals surface area contributed by atoms with Crippen LogP contribution in [0.4, 0.5) is 4.79 Å². The lowest BCUT2D eigenvalue weighted by Crippen LogP contribution is -2.43. The fourth-order valence-corrected chi connectivity index (χ4v) is 5.85. The number of likely N-dealkylation sites (tertiary alicyclic amines) is 1. The molecule has 7 nitrogen and oxygen atoms in total. The van der Waals surface area contributed by atoms with E-state index in [1.807, 2.05) is 24.3 Å². The van der Waals surface area contributed by atoms with Gasteiger partial charge in [-0.2, -0.15) is 0 Å². The van der Waals surface area contributed by atoms with E-state index in [0.29, 0.717) is 13.1 Å². The average molecular weight is 447 g/mol. The highest BCUT2D eigenvalue weighted by atomic mass is 16.5. The van der Waals surface area contributed by atoms with E-state index in [1.165, 1.54) is 11.1 Å². The van der Waals surface area contributed by atoms with Crippen molar-refractivity contribution in [3.8, 4) is 11.1 Å². The summed E-state index contributed by atoms with van der Waals surface area (Å²) >= 11 is 0. The van der Waals surface area contributed by atoms with Crippen LogP contribution in [-0.4, -0.2) is 53.2 Å². The van der Waals surface area contributed by atoms with Gasteiger partial charge in [-0.3, -0.25) is 9.59 Å². The molecule has 0 spiro atoms. The Morgan fingerprint density at radius 1 is 0.970 bits per heavy atom. The Morgan fingerprint density at radius 2 is 1.55 bits per heavy atom. The van der Waals surface area contributed by atoms with Gasteiger partial charge in [-0.05, 0) is 46.9 Å². The number of alkyl carbamates (subject to hydrolysis) is 1. The molecule has 0 radical (unpaired) electrons. The van der Waals surface area contributed by atoms with Crippen molar-refractivity contribution in [1.29, 1.82) is 0 Å². The number of ether oxygens (including phenoxy) is 1. The van der Waals surface area contributed by atoms with E-state index in [-0.39, 0.29) is 42.6 Å². The number of nitrogens with one attached hydrogen (secondary N) is 1. The van der Waals surface area contributed by atoms with Crippen LogP contribution in [0.2, 0.25) is 0 Å². The van der Waals surface area contributed by atoms with Gasteiger partial charge in [0.2, 0.25) is 5.91 Å². The highest BCUT2D eigenvalue weighted by Gasteiger charge is 2.61. The van der Waals surface area contributed by atoms with Crippen molar-refractivity contribution in [2.45, 2.75) is 30.7 Å². The molecule has 1 saturated heterocycles. The molecule has 3 aliphatic carbocycles. The van der Waals surface area contributed by atoms with Crippen LogP contribution in [0.5, 0.6) is 0 Å². The van der Waals surface area contributed by atoms with Crippen molar-refractivity contribution in [3.63, 3.8) is 0 Å². The number of carbonyl (C=O) groups is 3. The first kappa shape index (κ1) is 20.3. The van der Waals surface area contributed by atoms with E-state index < -0.39 is 17.6 Å². The summed E-state index contributed by atoms with van der Waals surface area (Å²) in [5.74, 6) is -0.870. The second-order valence-electron chi connectivity index (χ2n) is 9.90. The third kappa shape index (κ3) is 3.46. The molecule has 3 atom stereocenters. The van der Waals surface area contributed by atoms with Gasteiger partial charge >= 0.3 is 12.1 Å². The minimum atomic E-state index is -0.757. The second-order valence-corrected chi connectivity index (χ2v) is 9.90. The predicted octanol–water partition coefficient (Wildman–Crippen LogP) is 3.24. The zero-order valence-electron chi connectivity index (χ0n) is 18.2. The van der Waals surface area contributed by atoms with Crippen molar-refractivity contribution in [1.82, 2.24) is 10.2 Å². The highest BCUT2D eigenvalue weighted by molar-refractivity contribution is 5.82. The molecule has 0 bridgehead atoms.